The number of benzene rings is 2. The molecule has 1 aliphatic rings. The van der Waals surface area contributed by atoms with E-state index in [1.165, 1.54) is 0 Å². The van der Waals surface area contributed by atoms with Gasteiger partial charge < -0.3 is 4.74 Å². The first kappa shape index (κ1) is 13.2. The van der Waals surface area contributed by atoms with Gasteiger partial charge in [-0.15, -0.1) is 0 Å². The molecule has 3 heteroatoms. The lowest BCUT2D eigenvalue weighted by molar-refractivity contribution is 0.103. The van der Waals surface area contributed by atoms with Gasteiger partial charge in [-0.2, -0.15) is 0 Å². The van der Waals surface area contributed by atoms with Crippen molar-refractivity contribution in [2.24, 2.45) is 0 Å². The number of rotatable bonds is 4. The number of ether oxygens (including phenoxy) is 1. The molecule has 2 aromatic rings. The summed E-state index contributed by atoms with van der Waals surface area (Å²) in [6, 6.07) is 12.7. The molecule has 0 aliphatic heterocycles. The third kappa shape index (κ3) is 2.86. The molecule has 2 nitrogen and oxygen atoms in total. The summed E-state index contributed by atoms with van der Waals surface area (Å²) in [6.07, 6.45) is 2.53. The molecule has 2 aromatic carbocycles. The Kier molecular flexibility index (Phi) is 3.49. The normalized spacial score (nSPS) is 14.1. The van der Waals surface area contributed by atoms with Crippen LogP contribution in [0.5, 0.6) is 5.75 Å². The SMILES string of the molecule is Cc1ccc(Cl)cc1C(=O)c1cccc(OC2CC2)c1. The first-order valence-electron chi connectivity index (χ1n) is 6.71. The lowest BCUT2D eigenvalue weighted by Crippen LogP contribution is -2.04. The van der Waals surface area contributed by atoms with Gasteiger partial charge in [-0.3, -0.25) is 4.79 Å². The van der Waals surface area contributed by atoms with Crippen LogP contribution < -0.4 is 4.74 Å². The second-order valence-corrected chi connectivity index (χ2v) is 5.57. The summed E-state index contributed by atoms with van der Waals surface area (Å²) in [5.41, 5.74) is 2.20. The van der Waals surface area contributed by atoms with E-state index in [9.17, 15) is 4.79 Å². The van der Waals surface area contributed by atoms with E-state index in [0.29, 0.717) is 22.3 Å². The van der Waals surface area contributed by atoms with Gasteiger partial charge in [0.15, 0.2) is 5.78 Å². The molecular weight excluding hydrogens is 272 g/mol. The summed E-state index contributed by atoms with van der Waals surface area (Å²) in [5.74, 6) is 0.740. The minimum Gasteiger partial charge on any atom is -0.490 e. The van der Waals surface area contributed by atoms with Gasteiger partial charge >= 0.3 is 0 Å². The molecule has 0 heterocycles. The minimum absolute atomic E-state index is 0.0220. The van der Waals surface area contributed by atoms with Crippen molar-refractivity contribution in [1.82, 2.24) is 0 Å². The van der Waals surface area contributed by atoms with Crippen molar-refractivity contribution in [1.29, 1.82) is 0 Å². The molecule has 0 saturated heterocycles. The van der Waals surface area contributed by atoms with Crippen molar-refractivity contribution in [3.05, 3.63) is 64.2 Å². The Balaban J connectivity index is 1.91. The molecule has 0 bridgehead atoms. The van der Waals surface area contributed by atoms with E-state index < -0.39 is 0 Å². The van der Waals surface area contributed by atoms with E-state index in [1.54, 1.807) is 18.2 Å². The topological polar surface area (TPSA) is 26.3 Å². The molecule has 0 N–H and O–H groups in total. The zero-order valence-corrected chi connectivity index (χ0v) is 12.0. The van der Waals surface area contributed by atoms with E-state index in [4.69, 9.17) is 16.3 Å². The van der Waals surface area contributed by atoms with Crippen LogP contribution in [0.3, 0.4) is 0 Å². The van der Waals surface area contributed by atoms with Gasteiger partial charge in [0.1, 0.15) is 5.75 Å². The third-order valence-corrected chi connectivity index (χ3v) is 3.60. The Hall–Kier alpha value is -1.80. The van der Waals surface area contributed by atoms with E-state index in [2.05, 4.69) is 0 Å². The van der Waals surface area contributed by atoms with Crippen LogP contribution in [0.2, 0.25) is 5.02 Å². The summed E-state index contributed by atoms with van der Waals surface area (Å²) in [6.45, 7) is 1.91. The molecule has 102 valence electrons. The van der Waals surface area contributed by atoms with Gasteiger partial charge in [0.25, 0.3) is 0 Å². The van der Waals surface area contributed by atoms with E-state index in [1.807, 2.05) is 31.2 Å². The first-order chi connectivity index (χ1) is 9.63. The first-order valence-corrected chi connectivity index (χ1v) is 7.09. The zero-order chi connectivity index (χ0) is 14.1. The predicted octanol–water partition coefficient (Wildman–Crippen LogP) is 4.42. The van der Waals surface area contributed by atoms with Gasteiger partial charge in [0.2, 0.25) is 0 Å². The summed E-state index contributed by atoms with van der Waals surface area (Å²) in [5, 5.41) is 0.573. The Bertz CT molecular complexity index is 660. The van der Waals surface area contributed by atoms with E-state index in [-0.39, 0.29) is 5.78 Å². The van der Waals surface area contributed by atoms with E-state index in [0.717, 1.165) is 24.2 Å². The lowest BCUT2D eigenvalue weighted by Gasteiger charge is -2.08. The minimum atomic E-state index is -0.0220. The van der Waals surface area contributed by atoms with Gasteiger partial charge in [-0.05, 0) is 49.6 Å². The van der Waals surface area contributed by atoms with Crippen LogP contribution in [0.25, 0.3) is 0 Å². The Morgan fingerprint density at radius 2 is 2.00 bits per heavy atom. The predicted molar refractivity (Wildman–Crippen MR) is 79.7 cm³/mol. The second kappa shape index (κ2) is 5.29. The van der Waals surface area contributed by atoms with Gasteiger partial charge in [-0.1, -0.05) is 29.8 Å². The van der Waals surface area contributed by atoms with Crippen LogP contribution in [-0.2, 0) is 0 Å². The molecule has 0 unspecified atom stereocenters. The zero-order valence-electron chi connectivity index (χ0n) is 11.2. The molecule has 0 spiro atoms. The molecule has 20 heavy (non-hydrogen) atoms. The van der Waals surface area contributed by atoms with Crippen LogP contribution >= 0.6 is 11.6 Å². The number of aryl methyl sites for hydroxylation is 1. The molecular formula is C17H15ClO2. The fourth-order valence-electron chi connectivity index (χ4n) is 2.08. The summed E-state index contributed by atoms with van der Waals surface area (Å²) >= 11 is 5.98. The van der Waals surface area contributed by atoms with Crippen molar-refractivity contribution in [3.63, 3.8) is 0 Å². The molecule has 0 radical (unpaired) electrons. The van der Waals surface area contributed by atoms with E-state index >= 15 is 0 Å². The van der Waals surface area contributed by atoms with Crippen LogP contribution in [0.1, 0.15) is 34.3 Å². The highest BCUT2D eigenvalue weighted by Gasteiger charge is 2.23. The maximum atomic E-state index is 12.6. The number of halogens is 1. The number of ketones is 1. The number of carbonyl (C=O) groups is 1. The molecule has 1 aliphatic carbocycles. The highest BCUT2D eigenvalue weighted by atomic mass is 35.5. The molecule has 0 amide bonds. The Morgan fingerprint density at radius 1 is 1.20 bits per heavy atom. The van der Waals surface area contributed by atoms with Crippen molar-refractivity contribution in [3.8, 4) is 5.75 Å². The van der Waals surface area contributed by atoms with Crippen LogP contribution in [0.4, 0.5) is 0 Å². The van der Waals surface area contributed by atoms with Crippen LogP contribution in [0.15, 0.2) is 42.5 Å². The number of carbonyl (C=O) groups excluding carboxylic acids is 1. The second-order valence-electron chi connectivity index (χ2n) is 5.13. The average molecular weight is 287 g/mol. The van der Waals surface area contributed by atoms with Crippen molar-refractivity contribution >= 4 is 17.4 Å². The summed E-state index contributed by atoms with van der Waals surface area (Å²) in [7, 11) is 0. The largest absolute Gasteiger partial charge is 0.490 e. The smallest absolute Gasteiger partial charge is 0.193 e. The molecule has 0 atom stereocenters. The fourth-order valence-corrected chi connectivity index (χ4v) is 2.26. The molecule has 1 saturated carbocycles. The molecule has 0 aromatic heterocycles. The van der Waals surface area contributed by atoms with Crippen molar-refractivity contribution in [2.45, 2.75) is 25.9 Å². The van der Waals surface area contributed by atoms with Crippen molar-refractivity contribution in [2.75, 3.05) is 0 Å². The highest BCUT2D eigenvalue weighted by Crippen LogP contribution is 2.28. The number of hydrogen-bond acceptors (Lipinski definition) is 2. The monoisotopic (exact) mass is 286 g/mol. The maximum absolute atomic E-state index is 12.6. The maximum Gasteiger partial charge on any atom is 0.193 e. The quantitative estimate of drug-likeness (QED) is 0.778. The lowest BCUT2D eigenvalue weighted by atomic mass is 9.99. The standard InChI is InChI=1S/C17H15ClO2/c1-11-5-6-13(18)10-16(11)17(19)12-3-2-4-15(9-12)20-14-7-8-14/h2-6,9-10,14H,7-8H2,1H3. The molecule has 1 fully saturated rings. The number of hydrogen-bond donors (Lipinski definition) is 0. The third-order valence-electron chi connectivity index (χ3n) is 3.37. The highest BCUT2D eigenvalue weighted by molar-refractivity contribution is 6.31. The summed E-state index contributed by atoms with van der Waals surface area (Å²) in [4.78, 5) is 12.6. The fraction of sp³-hybridized carbons (Fsp3) is 0.235. The average Bonchev–Trinajstić information content (AvgIpc) is 3.25. The summed E-state index contributed by atoms with van der Waals surface area (Å²) < 4.78 is 5.73. The molecule has 3 rings (SSSR count). The van der Waals surface area contributed by atoms with Crippen molar-refractivity contribution < 1.29 is 9.53 Å². The van der Waals surface area contributed by atoms with Crippen LogP contribution in [0, 0.1) is 6.92 Å². The van der Waals surface area contributed by atoms with Gasteiger partial charge in [0.05, 0.1) is 6.10 Å². The van der Waals surface area contributed by atoms with Crippen LogP contribution in [-0.4, -0.2) is 11.9 Å². The van der Waals surface area contributed by atoms with Gasteiger partial charge in [0, 0.05) is 16.1 Å². The Labute approximate surface area is 123 Å². The van der Waals surface area contributed by atoms with Gasteiger partial charge in [-0.25, -0.2) is 0 Å². The Morgan fingerprint density at radius 3 is 2.75 bits per heavy atom.